The van der Waals surface area contributed by atoms with Crippen LogP contribution in [-0.4, -0.2) is 67.6 Å². The number of fused-ring (bicyclic) bond motifs is 3. The monoisotopic (exact) mass is 632 g/mol. The zero-order valence-corrected chi connectivity index (χ0v) is 26.2. The van der Waals surface area contributed by atoms with E-state index in [0.29, 0.717) is 23.8 Å². The van der Waals surface area contributed by atoms with E-state index in [9.17, 15) is 19.2 Å². The van der Waals surface area contributed by atoms with Crippen molar-refractivity contribution in [1.29, 1.82) is 0 Å². The van der Waals surface area contributed by atoms with E-state index in [2.05, 4.69) is 31.2 Å². The molecule has 1 aliphatic heterocycles. The van der Waals surface area contributed by atoms with Gasteiger partial charge in [-0.25, -0.2) is 9.67 Å². The predicted molar refractivity (Wildman–Crippen MR) is 166 cm³/mol. The molecule has 2 bridgehead atoms. The fraction of sp³-hybridized carbons (Fsp3) is 0.387. The van der Waals surface area contributed by atoms with Gasteiger partial charge in [0, 0.05) is 29.6 Å². The fourth-order valence-corrected chi connectivity index (χ4v) is 5.68. The van der Waals surface area contributed by atoms with Gasteiger partial charge < -0.3 is 25.4 Å². The Morgan fingerprint density at radius 1 is 1.09 bits per heavy atom. The van der Waals surface area contributed by atoms with Crippen molar-refractivity contribution in [2.75, 3.05) is 13.1 Å². The summed E-state index contributed by atoms with van der Waals surface area (Å²) in [6.07, 6.45) is 0.548. The number of hydrogen-bond acceptors (Lipinski definition) is 9. The van der Waals surface area contributed by atoms with Gasteiger partial charge in [0.1, 0.15) is 18.4 Å². The highest BCUT2D eigenvalue weighted by Crippen LogP contribution is 2.20. The van der Waals surface area contributed by atoms with Crippen LogP contribution in [-0.2, 0) is 33.9 Å². The molecule has 0 radical (unpaired) electrons. The highest BCUT2D eigenvalue weighted by molar-refractivity contribution is 7.10. The van der Waals surface area contributed by atoms with Gasteiger partial charge in [-0.3, -0.25) is 19.2 Å². The molecule has 3 aromatic heterocycles. The second-order valence-corrected chi connectivity index (χ2v) is 12.3. The lowest BCUT2D eigenvalue weighted by molar-refractivity contribution is -0.132. The van der Waals surface area contributed by atoms with E-state index in [4.69, 9.17) is 4.52 Å². The Morgan fingerprint density at radius 2 is 1.89 bits per heavy atom. The number of carbonyl (C=O) groups is 4. The Morgan fingerprint density at radius 3 is 2.62 bits per heavy atom. The van der Waals surface area contributed by atoms with Crippen LogP contribution in [0.15, 0.2) is 58.4 Å². The van der Waals surface area contributed by atoms with Crippen LogP contribution in [0.3, 0.4) is 0 Å². The van der Waals surface area contributed by atoms with Gasteiger partial charge in [-0.05, 0) is 30.7 Å². The molecule has 0 saturated heterocycles. The number of aromatic nitrogens is 4. The molecule has 3 N–H and O–H groups in total. The molecule has 4 heterocycles. The Kier molecular flexibility index (Phi) is 10.0. The van der Waals surface area contributed by atoms with Crippen molar-refractivity contribution in [3.63, 3.8) is 0 Å². The van der Waals surface area contributed by atoms with Gasteiger partial charge in [-0.1, -0.05) is 55.4 Å². The number of benzene rings is 1. The normalized spacial score (nSPS) is 18.4. The largest absolute Gasteiger partial charge is 0.359 e. The Balaban J connectivity index is 1.45. The van der Waals surface area contributed by atoms with Gasteiger partial charge in [0.25, 0.3) is 5.91 Å². The van der Waals surface area contributed by atoms with Crippen LogP contribution in [0, 0.1) is 5.92 Å². The van der Waals surface area contributed by atoms with Crippen molar-refractivity contribution < 1.29 is 23.7 Å². The van der Waals surface area contributed by atoms with E-state index in [-0.39, 0.29) is 56.0 Å². The molecule has 1 aromatic carbocycles. The first kappa shape index (κ1) is 31.6. The molecular formula is C31H36N8O5S. The van der Waals surface area contributed by atoms with Crippen LogP contribution >= 0.6 is 11.3 Å². The summed E-state index contributed by atoms with van der Waals surface area (Å²) in [5.41, 5.74) is 0.749. The van der Waals surface area contributed by atoms with E-state index >= 15 is 0 Å². The number of carbonyl (C=O) groups excluding carboxylic acids is 4. The van der Waals surface area contributed by atoms with Crippen molar-refractivity contribution in [2.45, 2.75) is 58.8 Å². The molecule has 236 valence electrons. The van der Waals surface area contributed by atoms with E-state index in [1.165, 1.54) is 22.1 Å². The van der Waals surface area contributed by atoms with Crippen molar-refractivity contribution in [3.05, 3.63) is 76.1 Å². The number of amides is 4. The zero-order valence-electron chi connectivity index (χ0n) is 25.4. The minimum Gasteiger partial charge on any atom is -0.359 e. The molecule has 13 nitrogen and oxygen atoms in total. The van der Waals surface area contributed by atoms with Crippen LogP contribution in [0.2, 0.25) is 0 Å². The third-order valence-corrected chi connectivity index (χ3v) is 8.08. The Bertz CT molecular complexity index is 1630. The molecule has 2 atom stereocenters. The predicted octanol–water partition coefficient (Wildman–Crippen LogP) is 2.72. The Hall–Kier alpha value is -4.85. The van der Waals surface area contributed by atoms with Gasteiger partial charge in [-0.15, -0.1) is 11.3 Å². The van der Waals surface area contributed by atoms with E-state index in [1.54, 1.807) is 11.8 Å². The molecule has 4 amide bonds. The maximum absolute atomic E-state index is 13.5. The average molecular weight is 633 g/mol. The number of nitrogens with zero attached hydrogens (tertiary/aromatic N) is 5. The molecule has 0 saturated carbocycles. The van der Waals surface area contributed by atoms with E-state index < -0.39 is 23.9 Å². The first-order valence-corrected chi connectivity index (χ1v) is 15.7. The van der Waals surface area contributed by atoms with Crippen LogP contribution in [0.1, 0.15) is 60.2 Å². The van der Waals surface area contributed by atoms with Gasteiger partial charge in [-0.2, -0.15) is 5.10 Å². The number of rotatable bonds is 5. The number of hydrogen-bond donors (Lipinski definition) is 3. The molecule has 45 heavy (non-hydrogen) atoms. The number of thiophene rings is 1. The van der Waals surface area contributed by atoms with Crippen LogP contribution in [0.25, 0.3) is 11.4 Å². The molecule has 4 aromatic rings. The molecule has 5 rings (SSSR count). The fourth-order valence-electron chi connectivity index (χ4n) is 4.98. The molecule has 0 aliphatic carbocycles. The quantitative estimate of drug-likeness (QED) is 0.302. The first-order chi connectivity index (χ1) is 21.7. The van der Waals surface area contributed by atoms with E-state index in [1.807, 2.05) is 61.7 Å². The van der Waals surface area contributed by atoms with Gasteiger partial charge in [0.2, 0.25) is 17.7 Å². The lowest BCUT2D eigenvalue weighted by Gasteiger charge is -2.23. The summed E-state index contributed by atoms with van der Waals surface area (Å²) in [5.74, 6) is -0.326. The topological polar surface area (TPSA) is 164 Å². The van der Waals surface area contributed by atoms with Crippen molar-refractivity contribution in [2.24, 2.45) is 5.92 Å². The first-order valence-electron chi connectivity index (χ1n) is 14.8. The van der Waals surface area contributed by atoms with Gasteiger partial charge in [0.05, 0.1) is 19.0 Å². The molecular weight excluding hydrogens is 596 g/mol. The minimum absolute atomic E-state index is 0.00748. The maximum Gasteiger partial charge on any atom is 0.274 e. The average Bonchev–Trinajstić information content (AvgIpc) is 3.78. The highest BCUT2D eigenvalue weighted by atomic mass is 32.1. The molecule has 1 aliphatic rings. The van der Waals surface area contributed by atoms with Gasteiger partial charge in [0.15, 0.2) is 17.3 Å². The summed E-state index contributed by atoms with van der Waals surface area (Å²) in [6, 6.07) is 13.0. The van der Waals surface area contributed by atoms with Crippen LogP contribution in [0.4, 0.5) is 0 Å². The second-order valence-electron chi connectivity index (χ2n) is 11.3. The summed E-state index contributed by atoms with van der Waals surface area (Å²) in [7, 11) is 0. The second kappa shape index (κ2) is 14.3. The molecule has 0 fully saturated rings. The van der Waals surface area contributed by atoms with E-state index in [0.717, 1.165) is 10.4 Å². The lowest BCUT2D eigenvalue weighted by atomic mass is 10.0. The highest BCUT2D eigenvalue weighted by Gasteiger charge is 2.28. The number of nitrogens with one attached hydrogen (secondary N) is 3. The minimum atomic E-state index is -0.879. The standard InChI is InChI=1S/C31H36N8O5S/c1-19(2)14-24-30(42)33-20(3)29-35-28(21-8-5-4-6-9-21)36-39(29)18-26(40)32-11-12-38(27(41)16-23-10-7-13-45-23)17-22-15-25(37-44-22)31(43)34-24/h4-10,13,15,19-20,24H,11-12,14,16-18H2,1-3H3,(H,32,40)(H,33,42)(H,34,43)/t20-,24+/m0/s1. The SMILES string of the molecule is CC(C)C[C@H]1NC(=O)c2cc(on2)CN(C(=O)Cc2cccs2)CCNC(=O)Cn2nc(-c3ccccc3)nc2[C@H](C)NC1=O. The zero-order chi connectivity index (χ0) is 31.9. The smallest absolute Gasteiger partial charge is 0.274 e. The molecule has 0 spiro atoms. The maximum atomic E-state index is 13.5. The van der Waals surface area contributed by atoms with Crippen LogP contribution < -0.4 is 16.0 Å². The third kappa shape index (κ3) is 8.20. The van der Waals surface area contributed by atoms with Crippen LogP contribution in [0.5, 0.6) is 0 Å². The van der Waals surface area contributed by atoms with Crippen molar-refractivity contribution in [3.8, 4) is 11.4 Å². The summed E-state index contributed by atoms with van der Waals surface area (Å²) in [5, 5.41) is 19.0. The molecule has 14 heteroatoms. The summed E-state index contributed by atoms with van der Waals surface area (Å²) in [4.78, 5) is 60.3. The lowest BCUT2D eigenvalue weighted by Crippen LogP contribution is -2.48. The van der Waals surface area contributed by atoms with Crippen molar-refractivity contribution >= 4 is 35.0 Å². The van der Waals surface area contributed by atoms with Gasteiger partial charge >= 0.3 is 0 Å². The third-order valence-electron chi connectivity index (χ3n) is 7.20. The summed E-state index contributed by atoms with van der Waals surface area (Å²) < 4.78 is 6.88. The Labute approximate surface area is 264 Å². The summed E-state index contributed by atoms with van der Waals surface area (Å²) >= 11 is 1.48. The molecule has 0 unspecified atom stereocenters. The van der Waals surface area contributed by atoms with Crippen molar-refractivity contribution in [1.82, 2.24) is 40.8 Å². The summed E-state index contributed by atoms with van der Waals surface area (Å²) in [6.45, 7) is 5.89.